The van der Waals surface area contributed by atoms with Crippen LogP contribution in [-0.4, -0.2) is 94.7 Å². The van der Waals surface area contributed by atoms with Gasteiger partial charge in [0.1, 0.15) is 29.8 Å². The summed E-state index contributed by atoms with van der Waals surface area (Å²) in [4.78, 5) is 56.4. The van der Waals surface area contributed by atoms with Crippen LogP contribution in [0.2, 0.25) is 0 Å². The van der Waals surface area contributed by atoms with E-state index in [1.165, 1.54) is 7.11 Å². The van der Waals surface area contributed by atoms with Crippen LogP contribution in [0.15, 0.2) is 53.7 Å². The Balaban J connectivity index is 1.02. The number of aromatic nitrogens is 2. The zero-order valence-corrected chi connectivity index (χ0v) is 34.7. The summed E-state index contributed by atoms with van der Waals surface area (Å²) < 4.78 is 22.6. The molecule has 0 aliphatic carbocycles. The normalized spacial score (nSPS) is 21.6. The number of nitrogens with one attached hydrogen (secondary N) is 2. The summed E-state index contributed by atoms with van der Waals surface area (Å²) in [7, 11) is 3.00. The van der Waals surface area contributed by atoms with Gasteiger partial charge >= 0.3 is 12.2 Å². The van der Waals surface area contributed by atoms with Crippen LogP contribution in [0.5, 0.6) is 5.75 Å². The van der Waals surface area contributed by atoms with Gasteiger partial charge in [0.2, 0.25) is 5.91 Å². The Morgan fingerprint density at radius 3 is 2.59 bits per heavy atom. The fourth-order valence-electron chi connectivity index (χ4n) is 9.14. The van der Waals surface area contributed by atoms with Crippen molar-refractivity contribution in [1.82, 2.24) is 25.1 Å². The second-order valence-corrected chi connectivity index (χ2v) is 17.5. The molecule has 4 aliphatic heterocycles. The second-order valence-electron chi connectivity index (χ2n) is 17.5. The van der Waals surface area contributed by atoms with E-state index >= 15 is 0 Å². The lowest BCUT2D eigenvalue weighted by Crippen LogP contribution is -2.52. The number of carbonyl (C=O) groups excluding carboxylic acids is 3. The van der Waals surface area contributed by atoms with Crippen molar-refractivity contribution < 1.29 is 33.3 Å². The molecule has 8 rings (SSSR count). The third-order valence-electron chi connectivity index (χ3n) is 11.9. The van der Waals surface area contributed by atoms with Crippen molar-refractivity contribution in [3.8, 4) is 28.1 Å². The highest BCUT2D eigenvalue weighted by atomic mass is 16.6. The predicted octanol–water partition coefficient (Wildman–Crippen LogP) is 8.12. The van der Waals surface area contributed by atoms with Gasteiger partial charge in [-0.05, 0) is 110 Å². The van der Waals surface area contributed by atoms with Crippen LogP contribution in [0.25, 0.3) is 33.2 Å². The maximum absolute atomic E-state index is 13.9. The van der Waals surface area contributed by atoms with Crippen LogP contribution in [0.3, 0.4) is 0 Å². The van der Waals surface area contributed by atoms with Crippen LogP contribution in [0.1, 0.15) is 83.8 Å². The molecule has 0 saturated carbocycles. The lowest BCUT2D eigenvalue weighted by molar-refractivity contribution is -0.137. The number of rotatable bonds is 8. The van der Waals surface area contributed by atoms with Crippen LogP contribution in [0.4, 0.5) is 15.3 Å². The van der Waals surface area contributed by atoms with E-state index in [9.17, 15) is 14.4 Å². The van der Waals surface area contributed by atoms with Crippen LogP contribution < -0.4 is 10.1 Å². The first-order chi connectivity index (χ1) is 27.7. The average molecular weight is 791 g/mol. The number of hydrogen-bond acceptors (Lipinski definition) is 9. The number of benzene rings is 3. The fraction of sp³-hybridized carbons (Fsp3) is 0.489. The standard InChI is InChI=1S/C45H54N6O7/c1-24(2)40(49-43(53)56-8)42(52)51-25(3)9-14-37(51)41-46-20-36(48-41)28-10-12-30-29(16-28)23-57-39-19-31-27(17-33(30)39)11-13-34-32(31)18-35(47-34)38-15-26(22-55-7)21-50(38)44(54)58-45(4,5)6/h10-13,16-17,19-20,24-26,37-38,40H,9,14-15,18,21-23H2,1-8H3,(H,46,48)(H,49,53)/t25-,26-,37?,38-,40-/m0/s1. The molecule has 3 amide bonds. The summed E-state index contributed by atoms with van der Waals surface area (Å²) in [6, 6.07) is 13.8. The first kappa shape index (κ1) is 39.4. The van der Waals surface area contributed by atoms with Crippen molar-refractivity contribution >= 4 is 40.3 Å². The van der Waals surface area contributed by atoms with Gasteiger partial charge < -0.3 is 34.1 Å². The van der Waals surface area contributed by atoms with E-state index in [1.54, 1.807) is 7.11 Å². The van der Waals surface area contributed by atoms with Crippen molar-refractivity contribution in [2.24, 2.45) is 16.8 Å². The number of amides is 3. The van der Waals surface area contributed by atoms with E-state index in [0.29, 0.717) is 26.2 Å². The van der Waals surface area contributed by atoms with E-state index < -0.39 is 17.7 Å². The number of aromatic amines is 1. The minimum atomic E-state index is -0.708. The Bertz CT molecular complexity index is 2290. The highest BCUT2D eigenvalue weighted by molar-refractivity contribution is 6.06. The van der Waals surface area contributed by atoms with Gasteiger partial charge in [-0.15, -0.1) is 0 Å². The molecular formula is C45H54N6O7. The first-order valence-corrected chi connectivity index (χ1v) is 20.4. The van der Waals surface area contributed by atoms with Crippen molar-refractivity contribution in [1.29, 1.82) is 0 Å². The van der Waals surface area contributed by atoms with Crippen molar-refractivity contribution in [3.05, 3.63) is 65.6 Å². The van der Waals surface area contributed by atoms with Crippen molar-refractivity contribution in [2.75, 3.05) is 27.4 Å². The van der Waals surface area contributed by atoms with Crippen LogP contribution >= 0.6 is 0 Å². The minimum Gasteiger partial charge on any atom is -0.488 e. The van der Waals surface area contributed by atoms with Gasteiger partial charge in [0.15, 0.2) is 0 Å². The van der Waals surface area contributed by atoms with Gasteiger partial charge in [-0.1, -0.05) is 32.0 Å². The summed E-state index contributed by atoms with van der Waals surface area (Å²) in [5.74, 6) is 1.50. The number of H-pyrrole nitrogens is 1. The third-order valence-corrected chi connectivity index (χ3v) is 11.9. The molecule has 0 radical (unpaired) electrons. The number of methoxy groups -OCH3 is 2. The van der Waals surface area contributed by atoms with E-state index in [-0.39, 0.29) is 42.0 Å². The van der Waals surface area contributed by atoms with E-state index in [1.807, 2.05) is 57.5 Å². The van der Waals surface area contributed by atoms with Crippen molar-refractivity contribution in [3.63, 3.8) is 0 Å². The summed E-state index contributed by atoms with van der Waals surface area (Å²) in [5, 5.41) is 4.94. The quantitative estimate of drug-likeness (QED) is 0.182. The minimum absolute atomic E-state index is 0.00455. The number of likely N-dealkylation sites (tertiary alicyclic amines) is 2. The molecule has 2 N–H and O–H groups in total. The Labute approximate surface area is 339 Å². The Hall–Kier alpha value is -5.43. The highest BCUT2D eigenvalue weighted by Crippen LogP contribution is 2.45. The fourth-order valence-corrected chi connectivity index (χ4v) is 9.14. The molecular weight excluding hydrogens is 737 g/mol. The second kappa shape index (κ2) is 15.4. The SMILES string of the molecule is COC[C@H]1C[C@@H](C2=Nc3ccc4cc5c(cc4c3C2)OCc2cc(-c3cnc(C4CC[C@H](C)N4C(=O)[C@@H](NC(=O)OC)C(C)C)[nH]3)ccc2-5)N(C(=O)OC(C)(C)C)C1. The molecule has 2 saturated heterocycles. The molecule has 13 heteroatoms. The molecule has 5 heterocycles. The maximum atomic E-state index is 13.9. The van der Waals surface area contributed by atoms with Crippen LogP contribution in [-0.2, 0) is 32.0 Å². The zero-order valence-electron chi connectivity index (χ0n) is 34.7. The number of alkyl carbamates (subject to hydrolysis) is 1. The Morgan fingerprint density at radius 2 is 1.84 bits per heavy atom. The Morgan fingerprint density at radius 1 is 1.03 bits per heavy atom. The molecule has 13 nitrogen and oxygen atoms in total. The number of carbonyl (C=O) groups is 3. The Kier molecular flexibility index (Phi) is 10.5. The molecule has 2 fully saturated rings. The lowest BCUT2D eigenvalue weighted by atomic mass is 9.90. The lowest BCUT2D eigenvalue weighted by Gasteiger charge is -2.32. The molecule has 0 spiro atoms. The van der Waals surface area contributed by atoms with Gasteiger partial charge in [0, 0.05) is 43.3 Å². The molecule has 1 unspecified atom stereocenters. The molecule has 58 heavy (non-hydrogen) atoms. The highest BCUT2D eigenvalue weighted by Gasteiger charge is 2.43. The largest absolute Gasteiger partial charge is 0.488 e. The van der Waals surface area contributed by atoms with Gasteiger partial charge in [0.05, 0.1) is 43.4 Å². The van der Waals surface area contributed by atoms with Gasteiger partial charge in [-0.3, -0.25) is 14.7 Å². The van der Waals surface area contributed by atoms with Gasteiger partial charge in [-0.2, -0.15) is 0 Å². The molecule has 3 aromatic carbocycles. The van der Waals surface area contributed by atoms with E-state index in [0.717, 1.165) is 86.5 Å². The monoisotopic (exact) mass is 790 g/mol. The van der Waals surface area contributed by atoms with Crippen molar-refractivity contribution in [2.45, 2.75) is 104 Å². The zero-order chi connectivity index (χ0) is 41.0. The predicted molar refractivity (Wildman–Crippen MR) is 221 cm³/mol. The third kappa shape index (κ3) is 7.40. The maximum Gasteiger partial charge on any atom is 0.410 e. The summed E-state index contributed by atoms with van der Waals surface area (Å²) in [5.41, 5.74) is 7.51. The van der Waals surface area contributed by atoms with E-state index in [4.69, 9.17) is 28.9 Å². The number of ether oxygens (including phenoxy) is 4. The average Bonchev–Trinajstić information content (AvgIpc) is 4.00. The van der Waals surface area contributed by atoms with Crippen LogP contribution in [0, 0.1) is 11.8 Å². The number of aliphatic imine (C=N–C) groups is 1. The van der Waals surface area contributed by atoms with Gasteiger partial charge in [-0.25, -0.2) is 14.6 Å². The number of imidazole rings is 1. The molecule has 4 aliphatic rings. The number of nitrogens with zero attached hydrogens (tertiary/aromatic N) is 4. The molecule has 1 aromatic heterocycles. The molecule has 4 aromatic rings. The first-order valence-electron chi connectivity index (χ1n) is 20.4. The molecule has 306 valence electrons. The van der Waals surface area contributed by atoms with Gasteiger partial charge in [0.25, 0.3) is 0 Å². The smallest absolute Gasteiger partial charge is 0.410 e. The summed E-state index contributed by atoms with van der Waals surface area (Å²) >= 11 is 0. The molecule has 5 atom stereocenters. The molecule has 0 bridgehead atoms. The number of fused-ring (bicyclic) bond motifs is 6. The summed E-state index contributed by atoms with van der Waals surface area (Å²) in [6.45, 7) is 13.1. The summed E-state index contributed by atoms with van der Waals surface area (Å²) in [6.07, 6.45) is 3.91. The van der Waals surface area contributed by atoms with E-state index in [2.05, 4.69) is 52.8 Å². The topological polar surface area (TPSA) is 148 Å². The number of hydrogen-bond donors (Lipinski definition) is 2.